The van der Waals surface area contributed by atoms with Crippen LogP contribution in [0.3, 0.4) is 0 Å². The van der Waals surface area contributed by atoms with Crippen LogP contribution in [0.4, 0.5) is 0 Å². The van der Waals surface area contributed by atoms with Crippen LogP contribution in [0.5, 0.6) is 5.75 Å². The number of nitrogens with one attached hydrogen (secondary N) is 2. The minimum absolute atomic E-state index is 0.0340. The number of methoxy groups -OCH3 is 1. The van der Waals surface area contributed by atoms with Crippen LogP contribution in [0.2, 0.25) is 0 Å². The van der Waals surface area contributed by atoms with E-state index in [1.165, 1.54) is 0 Å². The fourth-order valence-electron chi connectivity index (χ4n) is 2.28. The van der Waals surface area contributed by atoms with Gasteiger partial charge in [-0.3, -0.25) is 4.79 Å². The highest BCUT2D eigenvalue weighted by Crippen LogP contribution is 2.15. The molecular weight excluding hydrogens is 228 g/mol. The summed E-state index contributed by atoms with van der Waals surface area (Å²) in [6.07, 6.45) is 1.12. The summed E-state index contributed by atoms with van der Waals surface area (Å²) in [5.41, 5.74) is 0.646. The van der Waals surface area contributed by atoms with Crippen molar-refractivity contribution in [2.45, 2.75) is 19.4 Å². The van der Waals surface area contributed by atoms with Gasteiger partial charge < -0.3 is 15.4 Å². The maximum Gasteiger partial charge on any atom is 0.251 e. The average Bonchev–Trinajstić information content (AvgIpc) is 2.92. The average molecular weight is 248 g/mol. The lowest BCUT2D eigenvalue weighted by molar-refractivity contribution is 0.0928. The molecule has 1 aliphatic heterocycles. The molecule has 2 unspecified atom stereocenters. The Morgan fingerprint density at radius 3 is 3.06 bits per heavy atom. The predicted octanol–water partition coefficient (Wildman–Crippen LogP) is 1.42. The molecular formula is C14H20N2O2. The van der Waals surface area contributed by atoms with Crippen molar-refractivity contribution < 1.29 is 9.53 Å². The Kier molecular flexibility index (Phi) is 4.20. The Morgan fingerprint density at radius 1 is 1.56 bits per heavy atom. The topological polar surface area (TPSA) is 50.4 Å². The number of carbonyl (C=O) groups excluding carboxylic acids is 1. The minimum atomic E-state index is -0.0340. The van der Waals surface area contributed by atoms with Crippen molar-refractivity contribution in [3.63, 3.8) is 0 Å². The van der Waals surface area contributed by atoms with Crippen molar-refractivity contribution in [3.05, 3.63) is 29.8 Å². The smallest absolute Gasteiger partial charge is 0.251 e. The van der Waals surface area contributed by atoms with Crippen LogP contribution in [0.15, 0.2) is 24.3 Å². The van der Waals surface area contributed by atoms with Gasteiger partial charge in [0, 0.05) is 11.6 Å². The number of hydrogen-bond acceptors (Lipinski definition) is 3. The molecule has 1 fully saturated rings. The minimum Gasteiger partial charge on any atom is -0.497 e. The van der Waals surface area contributed by atoms with E-state index in [9.17, 15) is 4.79 Å². The second-order valence-electron chi connectivity index (χ2n) is 4.75. The van der Waals surface area contributed by atoms with Gasteiger partial charge in [0.15, 0.2) is 0 Å². The summed E-state index contributed by atoms with van der Waals surface area (Å²) in [5.74, 6) is 1.20. The zero-order valence-electron chi connectivity index (χ0n) is 10.9. The molecule has 1 saturated heterocycles. The highest BCUT2D eigenvalue weighted by Gasteiger charge is 2.22. The van der Waals surface area contributed by atoms with Gasteiger partial charge >= 0.3 is 0 Å². The standard InChI is InChI=1S/C14H20N2O2/c1-10(12-6-7-15-9-12)16-14(17)11-4-3-5-13(8-11)18-2/h3-5,8,10,12,15H,6-7,9H2,1-2H3,(H,16,17). The van der Waals surface area contributed by atoms with Crippen LogP contribution in [0.1, 0.15) is 23.7 Å². The number of benzene rings is 1. The summed E-state index contributed by atoms with van der Waals surface area (Å²) < 4.78 is 5.12. The third-order valence-corrected chi connectivity index (χ3v) is 3.50. The monoisotopic (exact) mass is 248 g/mol. The summed E-state index contributed by atoms with van der Waals surface area (Å²) in [5, 5.41) is 6.37. The fraction of sp³-hybridized carbons (Fsp3) is 0.500. The summed E-state index contributed by atoms with van der Waals surface area (Å²) in [6, 6.07) is 7.42. The molecule has 4 heteroatoms. The third-order valence-electron chi connectivity index (χ3n) is 3.50. The normalized spacial score (nSPS) is 20.4. The van der Waals surface area contributed by atoms with E-state index >= 15 is 0 Å². The number of ether oxygens (including phenoxy) is 1. The van der Waals surface area contributed by atoms with Gasteiger partial charge in [0.1, 0.15) is 5.75 Å². The molecule has 0 saturated carbocycles. The van der Waals surface area contributed by atoms with Gasteiger partial charge in [0.05, 0.1) is 7.11 Å². The maximum absolute atomic E-state index is 12.1. The van der Waals surface area contributed by atoms with Crippen LogP contribution in [-0.4, -0.2) is 32.1 Å². The van der Waals surface area contributed by atoms with Crippen molar-refractivity contribution in [1.82, 2.24) is 10.6 Å². The molecule has 1 amide bonds. The van der Waals surface area contributed by atoms with E-state index < -0.39 is 0 Å². The molecule has 0 radical (unpaired) electrons. The van der Waals surface area contributed by atoms with E-state index in [2.05, 4.69) is 17.6 Å². The molecule has 0 aliphatic carbocycles. The summed E-state index contributed by atoms with van der Waals surface area (Å²) >= 11 is 0. The molecule has 2 rings (SSSR count). The molecule has 1 aliphatic rings. The molecule has 1 aromatic rings. The lowest BCUT2D eigenvalue weighted by atomic mass is 10.0. The molecule has 2 atom stereocenters. The highest BCUT2D eigenvalue weighted by molar-refractivity contribution is 5.94. The fourth-order valence-corrected chi connectivity index (χ4v) is 2.28. The van der Waals surface area contributed by atoms with Gasteiger partial charge in [-0.25, -0.2) is 0 Å². The highest BCUT2D eigenvalue weighted by atomic mass is 16.5. The Labute approximate surface area is 108 Å². The van der Waals surface area contributed by atoms with Crippen LogP contribution >= 0.6 is 0 Å². The van der Waals surface area contributed by atoms with Crippen molar-refractivity contribution >= 4 is 5.91 Å². The number of amides is 1. The van der Waals surface area contributed by atoms with Gasteiger partial charge in [0.2, 0.25) is 0 Å². The zero-order chi connectivity index (χ0) is 13.0. The van der Waals surface area contributed by atoms with E-state index in [1.54, 1.807) is 19.2 Å². The van der Waals surface area contributed by atoms with Crippen LogP contribution in [-0.2, 0) is 0 Å². The SMILES string of the molecule is COc1cccc(C(=O)NC(C)C2CCNC2)c1. The Hall–Kier alpha value is -1.55. The first-order valence-electron chi connectivity index (χ1n) is 6.36. The van der Waals surface area contributed by atoms with Gasteiger partial charge in [-0.1, -0.05) is 6.07 Å². The number of rotatable bonds is 4. The first-order chi connectivity index (χ1) is 8.70. The maximum atomic E-state index is 12.1. The van der Waals surface area contributed by atoms with Crippen LogP contribution < -0.4 is 15.4 Å². The molecule has 0 aromatic heterocycles. The quantitative estimate of drug-likeness (QED) is 0.847. The van der Waals surface area contributed by atoms with Crippen LogP contribution in [0.25, 0.3) is 0 Å². The first kappa shape index (κ1) is 12.9. The second kappa shape index (κ2) is 5.87. The van der Waals surface area contributed by atoms with E-state index in [0.717, 1.165) is 19.5 Å². The number of carbonyl (C=O) groups is 1. The Bertz CT molecular complexity index is 414. The summed E-state index contributed by atoms with van der Waals surface area (Å²) in [6.45, 7) is 4.10. The number of hydrogen-bond donors (Lipinski definition) is 2. The summed E-state index contributed by atoms with van der Waals surface area (Å²) in [7, 11) is 1.60. The van der Waals surface area contributed by atoms with Crippen molar-refractivity contribution in [3.8, 4) is 5.75 Å². The van der Waals surface area contributed by atoms with E-state index in [0.29, 0.717) is 17.2 Å². The van der Waals surface area contributed by atoms with Crippen LogP contribution in [0, 0.1) is 5.92 Å². The zero-order valence-corrected chi connectivity index (χ0v) is 10.9. The van der Waals surface area contributed by atoms with Gasteiger partial charge in [-0.15, -0.1) is 0 Å². The Balaban J connectivity index is 1.97. The molecule has 0 bridgehead atoms. The molecule has 4 nitrogen and oxygen atoms in total. The van der Waals surface area contributed by atoms with Gasteiger partial charge in [-0.05, 0) is 50.6 Å². The predicted molar refractivity (Wildman–Crippen MR) is 70.9 cm³/mol. The van der Waals surface area contributed by atoms with Crippen molar-refractivity contribution in [1.29, 1.82) is 0 Å². The largest absolute Gasteiger partial charge is 0.497 e. The third kappa shape index (κ3) is 3.01. The van der Waals surface area contributed by atoms with E-state index in [4.69, 9.17) is 4.74 Å². The van der Waals surface area contributed by atoms with E-state index in [-0.39, 0.29) is 11.9 Å². The second-order valence-corrected chi connectivity index (χ2v) is 4.75. The lowest BCUT2D eigenvalue weighted by Crippen LogP contribution is -2.38. The summed E-state index contributed by atoms with van der Waals surface area (Å²) in [4.78, 5) is 12.1. The van der Waals surface area contributed by atoms with Crippen molar-refractivity contribution in [2.75, 3.05) is 20.2 Å². The molecule has 1 aromatic carbocycles. The Morgan fingerprint density at radius 2 is 2.39 bits per heavy atom. The molecule has 98 valence electrons. The molecule has 0 spiro atoms. The van der Waals surface area contributed by atoms with E-state index in [1.807, 2.05) is 12.1 Å². The van der Waals surface area contributed by atoms with Gasteiger partial charge in [-0.2, -0.15) is 0 Å². The first-order valence-corrected chi connectivity index (χ1v) is 6.36. The van der Waals surface area contributed by atoms with Crippen molar-refractivity contribution in [2.24, 2.45) is 5.92 Å². The molecule has 1 heterocycles. The molecule has 2 N–H and O–H groups in total. The van der Waals surface area contributed by atoms with Gasteiger partial charge in [0.25, 0.3) is 5.91 Å². The lowest BCUT2D eigenvalue weighted by Gasteiger charge is -2.19. The molecule has 18 heavy (non-hydrogen) atoms.